The zero-order chi connectivity index (χ0) is 12.8. The van der Waals surface area contributed by atoms with Gasteiger partial charge in [0.1, 0.15) is 0 Å². The lowest BCUT2D eigenvalue weighted by Gasteiger charge is -2.19. The topological polar surface area (TPSA) is 12.0 Å². The highest BCUT2D eigenvalue weighted by Gasteiger charge is 2.11. The van der Waals surface area contributed by atoms with Crippen LogP contribution in [0.25, 0.3) is 0 Å². The second kappa shape index (κ2) is 7.07. The van der Waals surface area contributed by atoms with E-state index in [0.29, 0.717) is 6.04 Å². The Morgan fingerprint density at radius 2 is 1.88 bits per heavy atom. The second-order valence-electron chi connectivity index (χ2n) is 5.13. The van der Waals surface area contributed by atoms with Crippen LogP contribution in [0.5, 0.6) is 0 Å². The lowest BCUT2D eigenvalue weighted by molar-refractivity contribution is 0.655. The van der Waals surface area contributed by atoms with Gasteiger partial charge in [0.25, 0.3) is 0 Å². The summed E-state index contributed by atoms with van der Waals surface area (Å²) in [5.74, 6) is 3.17. The molecular formula is C15H25NS. The van der Waals surface area contributed by atoms with Crippen molar-refractivity contribution >= 4 is 11.8 Å². The average molecular weight is 251 g/mol. The number of aryl methyl sites for hydroxylation is 2. The van der Waals surface area contributed by atoms with Gasteiger partial charge < -0.3 is 5.32 Å². The molecule has 0 amide bonds. The van der Waals surface area contributed by atoms with E-state index in [-0.39, 0.29) is 0 Å². The third-order valence-corrected chi connectivity index (χ3v) is 4.36. The van der Waals surface area contributed by atoms with Crippen molar-refractivity contribution < 1.29 is 0 Å². The highest BCUT2D eigenvalue weighted by atomic mass is 32.2. The normalized spacial score (nSPS) is 13.1. The molecule has 0 heterocycles. The van der Waals surface area contributed by atoms with E-state index in [2.05, 4.69) is 58.3 Å². The fraction of sp³-hybridized carbons (Fsp3) is 0.600. The van der Waals surface area contributed by atoms with Crippen LogP contribution in [-0.4, -0.2) is 18.6 Å². The van der Waals surface area contributed by atoms with Crippen LogP contribution in [0.2, 0.25) is 0 Å². The Morgan fingerprint density at radius 1 is 1.18 bits per heavy atom. The molecule has 1 aromatic rings. The molecule has 0 aromatic heterocycles. The van der Waals surface area contributed by atoms with Crippen molar-refractivity contribution in [3.63, 3.8) is 0 Å². The van der Waals surface area contributed by atoms with Crippen LogP contribution in [-0.2, 0) is 0 Å². The van der Waals surface area contributed by atoms with Gasteiger partial charge in [-0.1, -0.05) is 37.6 Å². The summed E-state index contributed by atoms with van der Waals surface area (Å²) in [6.45, 7) is 8.91. The van der Waals surface area contributed by atoms with E-state index >= 15 is 0 Å². The summed E-state index contributed by atoms with van der Waals surface area (Å²) in [7, 11) is 2.06. The first kappa shape index (κ1) is 14.6. The minimum Gasteiger partial charge on any atom is -0.312 e. The van der Waals surface area contributed by atoms with Gasteiger partial charge in [0.2, 0.25) is 0 Å². The monoisotopic (exact) mass is 251 g/mol. The van der Waals surface area contributed by atoms with E-state index in [4.69, 9.17) is 0 Å². The molecule has 1 unspecified atom stereocenters. The van der Waals surface area contributed by atoms with Crippen molar-refractivity contribution in [3.05, 3.63) is 34.9 Å². The van der Waals surface area contributed by atoms with Crippen molar-refractivity contribution in [2.45, 2.75) is 33.7 Å². The number of hydrogen-bond acceptors (Lipinski definition) is 2. The van der Waals surface area contributed by atoms with Gasteiger partial charge in [-0.3, -0.25) is 0 Å². The predicted octanol–water partition coefficient (Wildman–Crippen LogP) is 3.95. The van der Waals surface area contributed by atoms with E-state index in [1.807, 2.05) is 11.8 Å². The Hall–Kier alpha value is -0.470. The maximum Gasteiger partial charge on any atom is 0.0412 e. The Bertz CT molecular complexity index is 347. The number of nitrogens with one attached hydrogen (secondary N) is 1. The van der Waals surface area contributed by atoms with Crippen LogP contribution in [0.1, 0.15) is 36.6 Å². The third kappa shape index (κ3) is 4.72. The molecule has 0 saturated heterocycles. The van der Waals surface area contributed by atoms with Crippen LogP contribution in [0.3, 0.4) is 0 Å². The van der Waals surface area contributed by atoms with Crippen molar-refractivity contribution in [1.82, 2.24) is 5.32 Å². The fourth-order valence-corrected chi connectivity index (χ4v) is 3.16. The van der Waals surface area contributed by atoms with Crippen LogP contribution in [0.15, 0.2) is 18.2 Å². The number of benzene rings is 1. The van der Waals surface area contributed by atoms with Crippen LogP contribution in [0.4, 0.5) is 0 Å². The zero-order valence-corrected chi connectivity index (χ0v) is 12.5. The molecule has 1 atom stereocenters. The minimum atomic E-state index is 0.472. The number of thioether (sulfide) groups is 1. The highest BCUT2D eigenvalue weighted by Crippen LogP contribution is 2.23. The van der Waals surface area contributed by atoms with E-state index < -0.39 is 0 Å². The van der Waals surface area contributed by atoms with Crippen LogP contribution >= 0.6 is 11.8 Å². The van der Waals surface area contributed by atoms with Gasteiger partial charge >= 0.3 is 0 Å². The summed E-state index contributed by atoms with van der Waals surface area (Å²) in [4.78, 5) is 0. The molecule has 96 valence electrons. The van der Waals surface area contributed by atoms with Crippen molar-refractivity contribution in [1.29, 1.82) is 0 Å². The van der Waals surface area contributed by atoms with Gasteiger partial charge in [-0.2, -0.15) is 11.8 Å². The fourth-order valence-electron chi connectivity index (χ4n) is 1.97. The highest BCUT2D eigenvalue weighted by molar-refractivity contribution is 7.99. The van der Waals surface area contributed by atoms with E-state index in [1.54, 1.807) is 0 Å². The lowest BCUT2D eigenvalue weighted by Crippen LogP contribution is -2.20. The lowest BCUT2D eigenvalue weighted by atomic mass is 10.0. The van der Waals surface area contributed by atoms with Crippen LogP contribution in [0, 0.1) is 19.8 Å². The van der Waals surface area contributed by atoms with Gasteiger partial charge in [0.15, 0.2) is 0 Å². The summed E-state index contributed by atoms with van der Waals surface area (Å²) in [6, 6.07) is 7.22. The Kier molecular flexibility index (Phi) is 6.07. The van der Waals surface area contributed by atoms with Gasteiger partial charge in [-0.05, 0) is 43.7 Å². The smallest absolute Gasteiger partial charge is 0.0412 e. The molecule has 0 saturated carbocycles. The third-order valence-electron chi connectivity index (χ3n) is 2.88. The molecule has 0 radical (unpaired) electrons. The summed E-state index contributed by atoms with van der Waals surface area (Å²) in [5, 5.41) is 3.43. The largest absolute Gasteiger partial charge is 0.312 e. The summed E-state index contributed by atoms with van der Waals surface area (Å²) in [6.07, 6.45) is 0. The SMILES string of the molecule is CNC(CSCC(C)C)c1ccc(C)cc1C. The molecule has 17 heavy (non-hydrogen) atoms. The van der Waals surface area contributed by atoms with Gasteiger partial charge in [-0.25, -0.2) is 0 Å². The average Bonchev–Trinajstić information content (AvgIpc) is 2.25. The molecule has 1 rings (SSSR count). The van der Waals surface area contributed by atoms with E-state index in [0.717, 1.165) is 11.7 Å². The van der Waals surface area contributed by atoms with Crippen molar-refractivity contribution in [2.75, 3.05) is 18.6 Å². The molecule has 2 heteroatoms. The molecule has 0 bridgehead atoms. The van der Waals surface area contributed by atoms with Gasteiger partial charge in [0.05, 0.1) is 0 Å². The molecule has 0 fully saturated rings. The first-order valence-corrected chi connectivity index (χ1v) is 7.52. The van der Waals surface area contributed by atoms with Gasteiger partial charge in [-0.15, -0.1) is 0 Å². The summed E-state index contributed by atoms with van der Waals surface area (Å²) in [5.41, 5.74) is 4.18. The number of hydrogen-bond donors (Lipinski definition) is 1. The van der Waals surface area contributed by atoms with Crippen LogP contribution < -0.4 is 5.32 Å². The first-order chi connectivity index (χ1) is 8.04. The summed E-state index contributed by atoms with van der Waals surface area (Å²) >= 11 is 2.04. The molecule has 0 spiro atoms. The molecule has 1 nitrogen and oxygen atoms in total. The Labute approximate surface area is 110 Å². The van der Waals surface area contributed by atoms with Gasteiger partial charge in [0, 0.05) is 11.8 Å². The molecule has 1 N–H and O–H groups in total. The quantitative estimate of drug-likeness (QED) is 0.821. The zero-order valence-electron chi connectivity index (χ0n) is 11.7. The van der Waals surface area contributed by atoms with Crippen molar-refractivity contribution in [3.8, 4) is 0 Å². The Balaban J connectivity index is 2.66. The van der Waals surface area contributed by atoms with E-state index in [9.17, 15) is 0 Å². The maximum atomic E-state index is 3.43. The predicted molar refractivity (Wildman–Crippen MR) is 79.9 cm³/mol. The molecule has 0 aliphatic carbocycles. The molecule has 0 aliphatic heterocycles. The summed E-state index contributed by atoms with van der Waals surface area (Å²) < 4.78 is 0. The number of rotatable bonds is 6. The second-order valence-corrected chi connectivity index (χ2v) is 6.21. The Morgan fingerprint density at radius 3 is 2.41 bits per heavy atom. The maximum absolute atomic E-state index is 3.43. The first-order valence-electron chi connectivity index (χ1n) is 6.36. The molecular weight excluding hydrogens is 226 g/mol. The molecule has 1 aromatic carbocycles. The minimum absolute atomic E-state index is 0.472. The van der Waals surface area contributed by atoms with Crippen molar-refractivity contribution in [2.24, 2.45) is 5.92 Å². The standard InChI is InChI=1S/C15H25NS/c1-11(2)9-17-10-15(16-5)14-7-6-12(3)8-13(14)4/h6-8,11,15-16H,9-10H2,1-5H3. The molecule has 0 aliphatic rings. The van der Waals surface area contributed by atoms with E-state index in [1.165, 1.54) is 22.4 Å².